The van der Waals surface area contributed by atoms with E-state index in [0.717, 1.165) is 11.8 Å². The molecule has 9 heteroatoms. The normalized spacial score (nSPS) is 11.8. The molecule has 1 rings (SSSR count). The summed E-state index contributed by atoms with van der Waals surface area (Å²) in [6.45, 7) is 3.86. The highest BCUT2D eigenvalue weighted by molar-refractivity contribution is 6.32. The highest BCUT2D eigenvalue weighted by Gasteiger charge is 2.13. The van der Waals surface area contributed by atoms with Crippen molar-refractivity contribution in [2.45, 2.75) is 26.6 Å². The first-order chi connectivity index (χ1) is 12.5. The lowest BCUT2D eigenvalue weighted by atomic mass is 10.1. The third-order valence-electron chi connectivity index (χ3n) is 2.95. The number of anilines is 1. The van der Waals surface area contributed by atoms with E-state index in [-0.39, 0.29) is 24.5 Å². The van der Waals surface area contributed by atoms with Crippen molar-refractivity contribution in [2.75, 3.05) is 26.2 Å². The van der Waals surface area contributed by atoms with Crippen molar-refractivity contribution < 1.29 is 24.0 Å². The van der Waals surface area contributed by atoms with Gasteiger partial charge in [-0.25, -0.2) is 0 Å². The summed E-state index contributed by atoms with van der Waals surface area (Å²) in [5.41, 5.74) is 1.43. The summed E-state index contributed by atoms with van der Waals surface area (Å²) >= 11 is 0. The van der Waals surface area contributed by atoms with E-state index in [1.165, 1.54) is 25.3 Å². The fourth-order valence-electron chi connectivity index (χ4n) is 1.86. The quantitative estimate of drug-likeness (QED) is 0.380. The van der Waals surface area contributed by atoms with Crippen molar-refractivity contribution in [1.82, 2.24) is 0 Å². The molecule has 1 aromatic rings. The van der Waals surface area contributed by atoms with Crippen molar-refractivity contribution in [3.8, 4) is 0 Å². The molecule has 0 N–H and O–H groups in total. The molecule has 0 radical (unpaired) electrons. The Morgan fingerprint density at radius 1 is 1.15 bits per heavy atom. The summed E-state index contributed by atoms with van der Waals surface area (Å²) in [5, 5.41) is 11.0. The van der Waals surface area contributed by atoms with Crippen molar-refractivity contribution in [1.29, 1.82) is 0 Å². The molecule has 0 aliphatic rings. The van der Waals surface area contributed by atoms with Gasteiger partial charge in [-0.2, -0.15) is 0 Å². The first-order valence-corrected chi connectivity index (χ1v) is 7.84. The van der Waals surface area contributed by atoms with Crippen LogP contribution in [0.2, 0.25) is 0 Å². The van der Waals surface area contributed by atoms with E-state index >= 15 is 0 Å². The van der Waals surface area contributed by atoms with Crippen LogP contribution in [0.1, 0.15) is 19.4 Å². The maximum atomic E-state index is 12.0. The third-order valence-corrected chi connectivity index (χ3v) is 2.95. The summed E-state index contributed by atoms with van der Waals surface area (Å²) in [7, 11) is 4.41. The predicted octanol–water partition coefficient (Wildman–Crippen LogP) is 2.17. The largest absolute Gasteiger partial charge is 0.472 e. The fourth-order valence-corrected chi connectivity index (χ4v) is 1.86. The third kappa shape index (κ3) is 7.20. The Kier molecular flexibility index (Phi) is 9.23. The second-order valence-corrected chi connectivity index (χ2v) is 5.23. The molecule has 0 aliphatic carbocycles. The predicted molar refractivity (Wildman–Crippen MR) is 99.3 cm³/mol. The van der Waals surface area contributed by atoms with E-state index in [9.17, 15) is 4.79 Å². The molecule has 1 aromatic carbocycles. The number of oxime groups is 3. The smallest absolute Gasteiger partial charge is 0.272 e. The first kappa shape index (κ1) is 20.9. The summed E-state index contributed by atoms with van der Waals surface area (Å²) in [5.74, 6) is -0.137. The van der Waals surface area contributed by atoms with Crippen molar-refractivity contribution >= 4 is 29.9 Å². The Hall–Kier alpha value is -3.10. The molecular weight excluding hydrogens is 340 g/mol. The van der Waals surface area contributed by atoms with Gasteiger partial charge in [0.05, 0.1) is 11.8 Å². The van der Waals surface area contributed by atoms with Crippen LogP contribution in [0.3, 0.4) is 0 Å². The molecule has 0 aliphatic heterocycles. The molecule has 9 nitrogen and oxygen atoms in total. The van der Waals surface area contributed by atoms with Gasteiger partial charge < -0.3 is 24.1 Å². The number of benzene rings is 1. The zero-order valence-corrected chi connectivity index (χ0v) is 15.6. The van der Waals surface area contributed by atoms with E-state index in [1.54, 1.807) is 13.1 Å². The number of hydrogen-bond acceptors (Lipinski definition) is 8. The van der Waals surface area contributed by atoms with Crippen LogP contribution in [0.4, 0.5) is 5.69 Å². The van der Waals surface area contributed by atoms with E-state index in [1.807, 2.05) is 32.0 Å². The van der Waals surface area contributed by atoms with Gasteiger partial charge in [0, 0.05) is 12.6 Å². The molecule has 0 unspecified atom stereocenters. The average Bonchev–Trinajstić information content (AvgIpc) is 2.62. The maximum Gasteiger partial charge on any atom is 0.272 e. The molecule has 0 heterocycles. The standard InChI is InChI=1S/C17H24N4O5/c1-13(2)26-16(20-24-5)10-19-25-12-14-8-6-7-9-15(14)21(3)17(22)11-18-23-4/h6-11,13H,12H2,1-5H3. The summed E-state index contributed by atoms with van der Waals surface area (Å²) in [6, 6.07) is 7.28. The zero-order chi connectivity index (χ0) is 19.4. The Balaban J connectivity index is 2.76. The van der Waals surface area contributed by atoms with E-state index < -0.39 is 0 Å². The Morgan fingerprint density at radius 3 is 2.54 bits per heavy atom. The fraction of sp³-hybridized carbons (Fsp3) is 0.412. The van der Waals surface area contributed by atoms with Gasteiger partial charge in [-0.1, -0.05) is 28.5 Å². The molecule has 0 fully saturated rings. The van der Waals surface area contributed by atoms with Crippen LogP contribution < -0.4 is 4.90 Å². The number of amides is 1. The lowest BCUT2D eigenvalue weighted by Gasteiger charge is -2.18. The molecule has 1 amide bonds. The minimum atomic E-state index is -0.331. The highest BCUT2D eigenvalue weighted by atomic mass is 16.6. The van der Waals surface area contributed by atoms with E-state index in [2.05, 4.69) is 25.1 Å². The first-order valence-electron chi connectivity index (χ1n) is 7.84. The van der Waals surface area contributed by atoms with Gasteiger partial charge in [-0.3, -0.25) is 4.79 Å². The minimum absolute atomic E-state index is 0.0792. The topological polar surface area (TPSA) is 94.3 Å². The molecule has 0 aromatic heterocycles. The number of carbonyl (C=O) groups is 1. The number of rotatable bonds is 9. The SMILES string of the molecule is CON=CC(=O)N(C)c1ccccc1CON=CC(=NOC)OC(C)C. The van der Waals surface area contributed by atoms with Gasteiger partial charge in [0.15, 0.2) is 0 Å². The molecule has 0 saturated heterocycles. The van der Waals surface area contributed by atoms with Crippen LogP contribution in [0.5, 0.6) is 0 Å². The second kappa shape index (κ2) is 11.5. The molecular formula is C17H24N4O5. The van der Waals surface area contributed by atoms with Crippen molar-refractivity contribution in [3.63, 3.8) is 0 Å². The van der Waals surface area contributed by atoms with Crippen LogP contribution in [0.15, 0.2) is 39.7 Å². The number of ether oxygens (including phenoxy) is 1. The minimum Gasteiger partial charge on any atom is -0.472 e. The summed E-state index contributed by atoms with van der Waals surface area (Å²) in [6.07, 6.45) is 2.32. The lowest BCUT2D eigenvalue weighted by molar-refractivity contribution is -0.112. The molecule has 26 heavy (non-hydrogen) atoms. The number of hydrogen-bond donors (Lipinski definition) is 0. The van der Waals surface area contributed by atoms with Crippen molar-refractivity contribution in [3.05, 3.63) is 29.8 Å². The lowest BCUT2D eigenvalue weighted by Crippen LogP contribution is -2.28. The number of carbonyl (C=O) groups excluding carboxylic acids is 1. The maximum absolute atomic E-state index is 12.0. The van der Waals surface area contributed by atoms with Gasteiger partial charge in [-0.15, -0.1) is 0 Å². The van der Waals surface area contributed by atoms with Crippen LogP contribution in [0, 0.1) is 0 Å². The van der Waals surface area contributed by atoms with Crippen LogP contribution in [0.25, 0.3) is 0 Å². The van der Waals surface area contributed by atoms with E-state index in [0.29, 0.717) is 5.69 Å². The number of para-hydroxylation sites is 1. The molecule has 0 saturated carbocycles. The van der Waals surface area contributed by atoms with Crippen LogP contribution >= 0.6 is 0 Å². The number of nitrogens with zero attached hydrogens (tertiary/aromatic N) is 4. The van der Waals surface area contributed by atoms with E-state index in [4.69, 9.17) is 9.57 Å². The molecule has 0 atom stereocenters. The second-order valence-electron chi connectivity index (χ2n) is 5.23. The van der Waals surface area contributed by atoms with Gasteiger partial charge in [0.1, 0.15) is 33.3 Å². The van der Waals surface area contributed by atoms with Crippen LogP contribution in [-0.2, 0) is 30.7 Å². The van der Waals surface area contributed by atoms with Gasteiger partial charge in [0.25, 0.3) is 11.8 Å². The van der Waals surface area contributed by atoms with Gasteiger partial charge in [0.2, 0.25) is 0 Å². The Bertz CT molecular complexity index is 658. The van der Waals surface area contributed by atoms with Gasteiger partial charge in [-0.05, 0) is 25.1 Å². The molecule has 0 bridgehead atoms. The monoisotopic (exact) mass is 364 g/mol. The molecule has 142 valence electrons. The van der Waals surface area contributed by atoms with Gasteiger partial charge >= 0.3 is 0 Å². The highest BCUT2D eigenvalue weighted by Crippen LogP contribution is 2.20. The summed E-state index contributed by atoms with van der Waals surface area (Å²) < 4.78 is 5.39. The average molecular weight is 364 g/mol. The Morgan fingerprint density at radius 2 is 1.88 bits per heavy atom. The summed E-state index contributed by atoms with van der Waals surface area (Å²) in [4.78, 5) is 28.0. The van der Waals surface area contributed by atoms with Crippen LogP contribution in [-0.4, -0.2) is 51.6 Å². The Labute approximate surface area is 152 Å². The zero-order valence-electron chi connectivity index (χ0n) is 15.6. The van der Waals surface area contributed by atoms with Crippen molar-refractivity contribution in [2.24, 2.45) is 15.5 Å². The molecule has 0 spiro atoms.